The van der Waals surface area contributed by atoms with E-state index in [0.717, 1.165) is 16.0 Å². The van der Waals surface area contributed by atoms with E-state index in [1.54, 1.807) is 37.5 Å². The number of pyridine rings is 1. The molecule has 3 N–H and O–H groups in total. The summed E-state index contributed by atoms with van der Waals surface area (Å²) in [7, 11) is 0. The van der Waals surface area contributed by atoms with Crippen molar-refractivity contribution in [3.05, 3.63) is 48.3 Å². The molecule has 0 fully saturated rings. The maximum atomic E-state index is 12.7. The highest BCUT2D eigenvalue weighted by Gasteiger charge is 2.25. The monoisotopic (exact) mass is 337 g/mol. The fourth-order valence-corrected chi connectivity index (χ4v) is 2.63. The minimum Gasteiger partial charge on any atom is -0.351 e. The summed E-state index contributed by atoms with van der Waals surface area (Å²) in [5.74, 6) is 0.277. The molecule has 128 valence electrons. The molecule has 0 aliphatic carbocycles. The van der Waals surface area contributed by atoms with E-state index in [1.165, 1.54) is 0 Å². The van der Waals surface area contributed by atoms with Crippen molar-refractivity contribution in [1.29, 1.82) is 0 Å². The van der Waals surface area contributed by atoms with E-state index >= 15 is 0 Å². The zero-order valence-corrected chi connectivity index (χ0v) is 14.1. The molecule has 7 heteroatoms. The number of amides is 3. The number of imidazole rings is 1. The topological polar surface area (TPSA) is 105 Å². The van der Waals surface area contributed by atoms with Gasteiger partial charge in [-0.05, 0) is 43.7 Å². The lowest BCUT2D eigenvalue weighted by atomic mass is 10.1. The van der Waals surface area contributed by atoms with E-state index in [9.17, 15) is 9.59 Å². The summed E-state index contributed by atoms with van der Waals surface area (Å²) in [4.78, 5) is 37.1. The summed E-state index contributed by atoms with van der Waals surface area (Å²) in [5.41, 5.74) is 8.12. The first kappa shape index (κ1) is 16.6. The third-order valence-electron chi connectivity index (χ3n) is 4.17. The molecule has 3 aromatic rings. The number of rotatable bonds is 4. The molecule has 0 saturated heterocycles. The fourth-order valence-electron chi connectivity index (χ4n) is 2.63. The van der Waals surface area contributed by atoms with Crippen LogP contribution in [0.15, 0.2) is 42.7 Å². The molecule has 1 unspecified atom stereocenters. The minimum absolute atomic E-state index is 0.269. The Bertz CT molecular complexity index is 920. The predicted octanol–water partition coefficient (Wildman–Crippen LogP) is 2.94. The molecule has 0 radical (unpaired) electrons. The SMILES string of the molecule is CCC(C)N(C(N)=O)C(=O)c1ccc2nc(-c3ccncc3)[nH]c2c1. The molecule has 0 aliphatic rings. The number of primary amides is 1. The van der Waals surface area contributed by atoms with Crippen molar-refractivity contribution < 1.29 is 9.59 Å². The maximum absolute atomic E-state index is 12.7. The number of aromatic nitrogens is 3. The number of benzene rings is 1. The predicted molar refractivity (Wildman–Crippen MR) is 94.8 cm³/mol. The van der Waals surface area contributed by atoms with Crippen LogP contribution in [0.4, 0.5) is 4.79 Å². The number of fused-ring (bicyclic) bond motifs is 1. The normalized spacial score (nSPS) is 12.1. The molecule has 0 spiro atoms. The first-order valence-corrected chi connectivity index (χ1v) is 8.04. The molecular weight excluding hydrogens is 318 g/mol. The third kappa shape index (κ3) is 3.21. The first-order chi connectivity index (χ1) is 12.0. The average Bonchev–Trinajstić information content (AvgIpc) is 3.05. The van der Waals surface area contributed by atoms with Crippen LogP contribution >= 0.6 is 0 Å². The van der Waals surface area contributed by atoms with Gasteiger partial charge in [0.1, 0.15) is 5.82 Å². The fraction of sp³-hybridized carbons (Fsp3) is 0.222. The molecular formula is C18H19N5O2. The molecule has 2 aromatic heterocycles. The highest BCUT2D eigenvalue weighted by molar-refractivity contribution is 6.05. The zero-order chi connectivity index (χ0) is 18.0. The number of urea groups is 1. The van der Waals surface area contributed by atoms with Crippen molar-refractivity contribution in [2.45, 2.75) is 26.3 Å². The summed E-state index contributed by atoms with van der Waals surface area (Å²) in [5, 5.41) is 0. The van der Waals surface area contributed by atoms with Crippen molar-refractivity contribution in [3.63, 3.8) is 0 Å². The molecule has 0 bridgehead atoms. The van der Waals surface area contributed by atoms with Crippen LogP contribution in [0.3, 0.4) is 0 Å². The molecule has 25 heavy (non-hydrogen) atoms. The molecule has 0 aliphatic heterocycles. The van der Waals surface area contributed by atoms with E-state index in [2.05, 4.69) is 15.0 Å². The second kappa shape index (κ2) is 6.72. The van der Waals surface area contributed by atoms with Crippen molar-refractivity contribution in [2.75, 3.05) is 0 Å². The highest BCUT2D eigenvalue weighted by Crippen LogP contribution is 2.22. The van der Waals surface area contributed by atoms with Gasteiger partial charge >= 0.3 is 6.03 Å². The first-order valence-electron chi connectivity index (χ1n) is 8.04. The number of hydrogen-bond donors (Lipinski definition) is 2. The second-order valence-corrected chi connectivity index (χ2v) is 5.82. The number of carbonyl (C=O) groups is 2. The maximum Gasteiger partial charge on any atom is 0.322 e. The van der Waals surface area contributed by atoms with E-state index < -0.39 is 11.9 Å². The van der Waals surface area contributed by atoms with E-state index in [-0.39, 0.29) is 6.04 Å². The lowest BCUT2D eigenvalue weighted by Gasteiger charge is -2.24. The Hall–Kier alpha value is -3.22. The molecule has 2 heterocycles. The number of carbonyl (C=O) groups excluding carboxylic acids is 2. The molecule has 3 amide bonds. The van der Waals surface area contributed by atoms with Gasteiger partial charge in [-0.1, -0.05) is 6.92 Å². The van der Waals surface area contributed by atoms with Crippen LogP contribution in [-0.2, 0) is 0 Å². The van der Waals surface area contributed by atoms with Crippen LogP contribution in [0, 0.1) is 0 Å². The standard InChI is InChI=1S/C18H19N5O2/c1-3-11(2)23(18(19)25)17(24)13-4-5-14-15(10-13)22-16(21-14)12-6-8-20-9-7-12/h4-11H,3H2,1-2H3,(H2,19,25)(H,21,22). The van der Waals surface area contributed by atoms with Gasteiger partial charge in [-0.3, -0.25) is 14.7 Å². The zero-order valence-electron chi connectivity index (χ0n) is 14.1. The minimum atomic E-state index is -0.749. The van der Waals surface area contributed by atoms with Gasteiger partial charge in [-0.2, -0.15) is 0 Å². The van der Waals surface area contributed by atoms with Crippen LogP contribution in [0.25, 0.3) is 22.4 Å². The molecule has 1 aromatic carbocycles. The average molecular weight is 337 g/mol. The molecule has 3 rings (SSSR count). The molecule has 1 atom stereocenters. The van der Waals surface area contributed by atoms with Gasteiger partial charge in [0.25, 0.3) is 5.91 Å². The summed E-state index contributed by atoms with van der Waals surface area (Å²) in [6, 6.07) is 7.77. The van der Waals surface area contributed by atoms with Crippen LogP contribution in [0.2, 0.25) is 0 Å². The number of nitrogens with two attached hydrogens (primary N) is 1. The van der Waals surface area contributed by atoms with Crippen LogP contribution in [-0.4, -0.2) is 37.8 Å². The van der Waals surface area contributed by atoms with Gasteiger partial charge in [-0.25, -0.2) is 9.78 Å². The Balaban J connectivity index is 1.98. The van der Waals surface area contributed by atoms with Gasteiger partial charge in [0.2, 0.25) is 0 Å². The van der Waals surface area contributed by atoms with E-state index in [1.807, 2.05) is 19.1 Å². The molecule has 7 nitrogen and oxygen atoms in total. The summed E-state index contributed by atoms with van der Waals surface area (Å²) in [6.07, 6.45) is 4.01. The Morgan fingerprint density at radius 1 is 1.24 bits per heavy atom. The Morgan fingerprint density at radius 2 is 1.96 bits per heavy atom. The third-order valence-corrected chi connectivity index (χ3v) is 4.17. The summed E-state index contributed by atoms with van der Waals surface area (Å²) < 4.78 is 0. The van der Waals surface area contributed by atoms with Crippen molar-refractivity contribution in [2.24, 2.45) is 5.73 Å². The van der Waals surface area contributed by atoms with Gasteiger partial charge in [0.15, 0.2) is 0 Å². The van der Waals surface area contributed by atoms with Crippen LogP contribution < -0.4 is 5.73 Å². The van der Waals surface area contributed by atoms with Crippen molar-refractivity contribution >= 4 is 23.0 Å². The number of nitrogens with zero attached hydrogens (tertiary/aromatic N) is 3. The summed E-state index contributed by atoms with van der Waals surface area (Å²) >= 11 is 0. The van der Waals surface area contributed by atoms with Gasteiger partial charge in [0, 0.05) is 29.6 Å². The van der Waals surface area contributed by atoms with Gasteiger partial charge in [0.05, 0.1) is 11.0 Å². The lowest BCUT2D eigenvalue weighted by molar-refractivity contribution is 0.0759. The van der Waals surface area contributed by atoms with E-state index in [0.29, 0.717) is 23.3 Å². The summed E-state index contributed by atoms with van der Waals surface area (Å²) in [6.45, 7) is 3.69. The Morgan fingerprint density at radius 3 is 2.60 bits per heavy atom. The van der Waals surface area contributed by atoms with Gasteiger partial charge < -0.3 is 10.7 Å². The van der Waals surface area contributed by atoms with E-state index in [4.69, 9.17) is 5.73 Å². The largest absolute Gasteiger partial charge is 0.351 e. The van der Waals surface area contributed by atoms with Crippen LogP contribution in [0.5, 0.6) is 0 Å². The Labute approximate surface area is 144 Å². The quantitative estimate of drug-likeness (QED) is 0.763. The second-order valence-electron chi connectivity index (χ2n) is 5.82. The van der Waals surface area contributed by atoms with Crippen molar-refractivity contribution in [3.8, 4) is 11.4 Å². The van der Waals surface area contributed by atoms with Crippen LogP contribution in [0.1, 0.15) is 30.6 Å². The smallest absolute Gasteiger partial charge is 0.322 e. The van der Waals surface area contributed by atoms with Gasteiger partial charge in [-0.15, -0.1) is 0 Å². The van der Waals surface area contributed by atoms with Crippen molar-refractivity contribution in [1.82, 2.24) is 19.9 Å². The number of nitrogens with one attached hydrogen (secondary N) is 1. The number of aromatic amines is 1. The number of H-pyrrole nitrogens is 1. The lowest BCUT2D eigenvalue weighted by Crippen LogP contribution is -2.46. The number of imide groups is 1. The highest BCUT2D eigenvalue weighted by atomic mass is 16.2. The Kier molecular flexibility index (Phi) is 4.47. The molecule has 0 saturated carbocycles. The number of hydrogen-bond acceptors (Lipinski definition) is 4.